The highest BCUT2D eigenvalue weighted by Gasteiger charge is 2.46. The lowest BCUT2D eigenvalue weighted by Gasteiger charge is -2.29. The van der Waals surface area contributed by atoms with Crippen molar-refractivity contribution in [3.8, 4) is 0 Å². The number of thioether (sulfide) groups is 1. The number of rotatable bonds is 16. The Labute approximate surface area is 188 Å². The highest BCUT2D eigenvalue weighted by molar-refractivity contribution is 7.99. The van der Waals surface area contributed by atoms with Gasteiger partial charge in [-0.1, -0.05) is 95.0 Å². The van der Waals surface area contributed by atoms with Crippen molar-refractivity contribution < 1.29 is 15.3 Å². The molecule has 0 radical (unpaired) electrons. The van der Waals surface area contributed by atoms with Crippen LogP contribution in [0.1, 0.15) is 76.7 Å². The van der Waals surface area contributed by atoms with Crippen molar-refractivity contribution in [1.29, 1.82) is 0 Å². The lowest BCUT2D eigenvalue weighted by molar-refractivity contribution is 0.0188. The molecule has 0 aliphatic carbocycles. The third-order valence-electron chi connectivity index (χ3n) is 6.32. The van der Waals surface area contributed by atoms with Gasteiger partial charge in [-0.15, -0.1) is 0 Å². The van der Waals surface area contributed by atoms with Crippen LogP contribution in [0.15, 0.2) is 30.3 Å². The fraction of sp³-hybridized carbons (Fsp3) is 0.760. The van der Waals surface area contributed by atoms with Gasteiger partial charge >= 0.3 is 0 Å². The maximum absolute atomic E-state index is 10.6. The molecule has 1 aromatic carbocycles. The van der Waals surface area contributed by atoms with Crippen molar-refractivity contribution in [3.05, 3.63) is 35.9 Å². The Hall–Kier alpha value is -0.590. The quantitative estimate of drug-likeness (QED) is 0.330. The number of benzene rings is 1. The van der Waals surface area contributed by atoms with E-state index in [1.165, 1.54) is 64.2 Å². The molecular weight excluding hydrogens is 394 g/mol. The number of unbranched alkanes of at least 4 members (excludes halogenated alkanes) is 9. The molecule has 1 saturated heterocycles. The van der Waals surface area contributed by atoms with Crippen LogP contribution >= 0.6 is 11.8 Å². The van der Waals surface area contributed by atoms with Gasteiger partial charge in [0.15, 0.2) is 0 Å². The highest BCUT2D eigenvalue weighted by atomic mass is 32.2. The van der Waals surface area contributed by atoms with E-state index in [1.807, 2.05) is 30.0 Å². The molecule has 0 saturated carbocycles. The van der Waals surface area contributed by atoms with Gasteiger partial charge in [-0.2, -0.15) is 11.8 Å². The standard InChI is InChI=1S/C25H43NO3S/c1-2-3-4-5-6-7-8-9-10-14-17-30-20-23-25(29)24(28)22(19-27)26(23)18-21-15-12-11-13-16-21/h11-13,15-16,22-25,27-29H,2-10,14,17-20H2,1H3/t22-,23+,24-,25-/m1/s1. The molecule has 0 amide bonds. The van der Waals surface area contributed by atoms with Crippen molar-refractivity contribution in [3.63, 3.8) is 0 Å². The van der Waals surface area contributed by atoms with Crippen LogP contribution in [-0.4, -0.2) is 62.6 Å². The Balaban J connectivity index is 1.65. The maximum Gasteiger partial charge on any atom is 0.0992 e. The van der Waals surface area contributed by atoms with Crippen LogP contribution in [0, 0.1) is 0 Å². The molecular formula is C25H43NO3S. The monoisotopic (exact) mass is 437 g/mol. The first-order chi connectivity index (χ1) is 14.7. The second-order valence-corrected chi connectivity index (χ2v) is 9.86. The van der Waals surface area contributed by atoms with E-state index < -0.39 is 18.2 Å². The third kappa shape index (κ3) is 8.51. The summed E-state index contributed by atoms with van der Waals surface area (Å²) in [6, 6.07) is 9.58. The van der Waals surface area contributed by atoms with Crippen LogP contribution < -0.4 is 0 Å². The molecule has 0 unspecified atom stereocenters. The van der Waals surface area contributed by atoms with E-state index in [4.69, 9.17) is 0 Å². The minimum Gasteiger partial charge on any atom is -0.395 e. The van der Waals surface area contributed by atoms with Crippen molar-refractivity contribution in [1.82, 2.24) is 4.90 Å². The summed E-state index contributed by atoms with van der Waals surface area (Å²) in [6.45, 7) is 2.77. The number of aliphatic hydroxyl groups is 3. The van der Waals surface area contributed by atoms with Crippen LogP contribution in [0.2, 0.25) is 0 Å². The topological polar surface area (TPSA) is 63.9 Å². The summed E-state index contributed by atoms with van der Waals surface area (Å²) in [5, 5.41) is 30.7. The predicted octanol–water partition coefficient (Wildman–Crippen LogP) is 4.61. The Morgan fingerprint density at radius 2 is 1.37 bits per heavy atom. The second kappa shape index (κ2) is 15.3. The van der Waals surface area contributed by atoms with E-state index in [1.54, 1.807) is 0 Å². The molecule has 1 aliphatic heterocycles. The van der Waals surface area contributed by atoms with E-state index in [0.29, 0.717) is 6.54 Å². The highest BCUT2D eigenvalue weighted by Crippen LogP contribution is 2.30. The maximum atomic E-state index is 10.6. The first kappa shape index (κ1) is 25.7. The van der Waals surface area contributed by atoms with Gasteiger partial charge in [0.05, 0.1) is 24.9 Å². The fourth-order valence-corrected chi connectivity index (χ4v) is 5.63. The van der Waals surface area contributed by atoms with Crippen molar-refractivity contribution >= 4 is 11.8 Å². The molecule has 5 heteroatoms. The first-order valence-electron chi connectivity index (χ1n) is 12.0. The van der Waals surface area contributed by atoms with Crippen LogP contribution in [-0.2, 0) is 6.54 Å². The average molecular weight is 438 g/mol. The summed E-state index contributed by atoms with van der Waals surface area (Å²) >= 11 is 1.87. The molecule has 0 aromatic heterocycles. The van der Waals surface area contributed by atoms with Crippen LogP contribution in [0.25, 0.3) is 0 Å². The van der Waals surface area contributed by atoms with E-state index in [-0.39, 0.29) is 12.6 Å². The Kier molecular flexibility index (Phi) is 13.0. The lowest BCUT2D eigenvalue weighted by atomic mass is 10.1. The molecule has 4 nitrogen and oxygen atoms in total. The molecule has 172 valence electrons. The van der Waals surface area contributed by atoms with Crippen LogP contribution in [0.3, 0.4) is 0 Å². The normalized spacial score (nSPS) is 24.5. The molecule has 1 aliphatic rings. The first-order valence-corrected chi connectivity index (χ1v) is 13.2. The van der Waals surface area contributed by atoms with Gasteiger partial charge in [-0.3, -0.25) is 4.90 Å². The van der Waals surface area contributed by atoms with E-state index in [0.717, 1.165) is 17.1 Å². The summed E-state index contributed by atoms with van der Waals surface area (Å²) in [7, 11) is 0. The summed E-state index contributed by atoms with van der Waals surface area (Å²) in [6.07, 6.45) is 11.7. The molecule has 0 spiro atoms. The number of likely N-dealkylation sites (tertiary alicyclic amines) is 1. The number of aliphatic hydroxyl groups excluding tert-OH is 3. The molecule has 1 fully saturated rings. The average Bonchev–Trinajstić information content (AvgIpc) is 2.98. The molecule has 1 heterocycles. The summed E-state index contributed by atoms with van der Waals surface area (Å²) in [5.74, 6) is 1.89. The fourth-order valence-electron chi connectivity index (χ4n) is 4.43. The zero-order valence-electron chi connectivity index (χ0n) is 18.8. The van der Waals surface area contributed by atoms with Gasteiger partial charge in [0.25, 0.3) is 0 Å². The summed E-state index contributed by atoms with van der Waals surface area (Å²) in [5.41, 5.74) is 1.14. The molecule has 2 rings (SSSR count). The Morgan fingerprint density at radius 3 is 1.97 bits per heavy atom. The third-order valence-corrected chi connectivity index (χ3v) is 7.47. The SMILES string of the molecule is CCCCCCCCCCCCSC[C@H]1[C@@H](O)[C@H](O)[C@@H](CO)N1Cc1ccccc1. The number of nitrogens with zero attached hydrogens (tertiary/aromatic N) is 1. The number of hydrogen-bond donors (Lipinski definition) is 3. The van der Waals surface area contributed by atoms with Crippen molar-refractivity contribution in [2.24, 2.45) is 0 Å². The van der Waals surface area contributed by atoms with Gasteiger partial charge in [-0.25, -0.2) is 0 Å². The van der Waals surface area contributed by atoms with E-state index >= 15 is 0 Å². The van der Waals surface area contributed by atoms with Crippen molar-refractivity contribution in [2.45, 2.75) is 102 Å². The van der Waals surface area contributed by atoms with Gasteiger partial charge in [0, 0.05) is 18.3 Å². The zero-order chi connectivity index (χ0) is 21.6. The smallest absolute Gasteiger partial charge is 0.0992 e. The molecule has 30 heavy (non-hydrogen) atoms. The molecule has 0 bridgehead atoms. The van der Waals surface area contributed by atoms with Gasteiger partial charge < -0.3 is 15.3 Å². The van der Waals surface area contributed by atoms with Gasteiger partial charge in [0.2, 0.25) is 0 Å². The minimum absolute atomic E-state index is 0.120. The van der Waals surface area contributed by atoms with Gasteiger partial charge in [-0.05, 0) is 17.7 Å². The summed E-state index contributed by atoms with van der Waals surface area (Å²) in [4.78, 5) is 2.09. The molecule has 4 atom stereocenters. The lowest BCUT2D eigenvalue weighted by Crippen LogP contribution is -2.42. The zero-order valence-corrected chi connectivity index (χ0v) is 19.6. The van der Waals surface area contributed by atoms with E-state index in [2.05, 4.69) is 24.0 Å². The molecule has 3 N–H and O–H groups in total. The molecule has 1 aromatic rings. The number of hydrogen-bond acceptors (Lipinski definition) is 5. The van der Waals surface area contributed by atoms with E-state index in [9.17, 15) is 15.3 Å². The Morgan fingerprint density at radius 1 is 0.800 bits per heavy atom. The minimum atomic E-state index is -0.887. The predicted molar refractivity (Wildman–Crippen MR) is 128 cm³/mol. The van der Waals surface area contributed by atoms with Crippen LogP contribution in [0.4, 0.5) is 0 Å². The second-order valence-electron chi connectivity index (χ2n) is 8.71. The Bertz CT molecular complexity index is 544. The summed E-state index contributed by atoms with van der Waals surface area (Å²) < 4.78 is 0. The van der Waals surface area contributed by atoms with Crippen LogP contribution in [0.5, 0.6) is 0 Å². The van der Waals surface area contributed by atoms with Gasteiger partial charge in [0.1, 0.15) is 0 Å². The largest absolute Gasteiger partial charge is 0.395 e. The van der Waals surface area contributed by atoms with Crippen molar-refractivity contribution in [2.75, 3.05) is 18.1 Å².